The molecule has 1 aromatic rings. The van der Waals surface area contributed by atoms with E-state index in [1.54, 1.807) is 18.2 Å². The SMILES string of the molecule is Br.COc1ccc2c(c1)[C@@]13CCCC[C@@H]1[C@@H](C2)N(C)CC3.O.O. The summed E-state index contributed by atoms with van der Waals surface area (Å²) in [7, 11) is 4.12. The minimum atomic E-state index is 0. The molecule has 4 N–H and O–H groups in total. The summed E-state index contributed by atoms with van der Waals surface area (Å²) in [5.74, 6) is 1.91. The number of likely N-dealkylation sites (N-methyl/N-ethyl adjacent to an activating group) is 1. The summed E-state index contributed by atoms with van der Waals surface area (Å²) >= 11 is 0. The molecular weight excluding hydrogens is 358 g/mol. The third-order valence-corrected chi connectivity index (χ3v) is 6.32. The fourth-order valence-electron chi connectivity index (χ4n) is 5.30. The summed E-state index contributed by atoms with van der Waals surface area (Å²) in [5.41, 5.74) is 3.67. The summed E-state index contributed by atoms with van der Waals surface area (Å²) in [6.45, 7) is 1.26. The number of likely N-dealkylation sites (tertiary alicyclic amines) is 1. The standard InChI is InChI=1S/C18H25NO.BrH.2H2O/c1-19-10-9-18-8-4-3-5-15(18)17(19)11-13-6-7-14(20-2)12-16(13)18;;;/h6-7,12,15,17H,3-5,8-11H2,1-2H3;1H;2*1H2/t15-,17-,18-;;;/m1.../s1. The number of ether oxygens (including phenoxy) is 1. The zero-order chi connectivity index (χ0) is 13.7. The van der Waals surface area contributed by atoms with Crippen molar-refractivity contribution in [1.29, 1.82) is 0 Å². The molecule has 1 saturated carbocycles. The van der Waals surface area contributed by atoms with Crippen LogP contribution in [0.5, 0.6) is 5.75 Å². The van der Waals surface area contributed by atoms with Gasteiger partial charge in [0, 0.05) is 11.5 Å². The number of halogens is 1. The molecule has 2 fully saturated rings. The van der Waals surface area contributed by atoms with Crippen molar-refractivity contribution in [3.05, 3.63) is 29.3 Å². The molecule has 2 bridgehead atoms. The lowest BCUT2D eigenvalue weighted by atomic mass is 9.52. The molecule has 0 amide bonds. The fourth-order valence-corrected chi connectivity index (χ4v) is 5.30. The van der Waals surface area contributed by atoms with E-state index in [0.717, 1.165) is 17.7 Å². The summed E-state index contributed by atoms with van der Waals surface area (Å²) in [5, 5.41) is 0. The summed E-state index contributed by atoms with van der Waals surface area (Å²) < 4.78 is 5.51. The van der Waals surface area contributed by atoms with Crippen LogP contribution in [0.25, 0.3) is 0 Å². The van der Waals surface area contributed by atoms with Gasteiger partial charge in [-0.1, -0.05) is 18.9 Å². The average Bonchev–Trinajstić information content (AvgIpc) is 2.50. The molecule has 1 saturated heterocycles. The van der Waals surface area contributed by atoms with Crippen LogP contribution in [0.1, 0.15) is 43.2 Å². The normalized spacial score (nSPS) is 31.4. The number of benzene rings is 1. The molecule has 5 heteroatoms. The number of rotatable bonds is 1. The Kier molecular flexibility index (Phi) is 6.67. The monoisotopic (exact) mass is 387 g/mol. The van der Waals surface area contributed by atoms with Crippen molar-refractivity contribution >= 4 is 17.0 Å². The molecular formula is C18H30BrNO3. The average molecular weight is 388 g/mol. The first-order chi connectivity index (χ1) is 9.74. The van der Waals surface area contributed by atoms with Gasteiger partial charge in [0.25, 0.3) is 0 Å². The van der Waals surface area contributed by atoms with Gasteiger partial charge in [0.2, 0.25) is 0 Å². The lowest BCUT2D eigenvalue weighted by Crippen LogP contribution is -2.59. The van der Waals surface area contributed by atoms with Gasteiger partial charge in [0.15, 0.2) is 0 Å². The molecule has 3 aliphatic rings. The Morgan fingerprint density at radius 1 is 1.17 bits per heavy atom. The van der Waals surface area contributed by atoms with Crippen LogP contribution in [-0.4, -0.2) is 42.6 Å². The Labute approximate surface area is 149 Å². The van der Waals surface area contributed by atoms with Gasteiger partial charge >= 0.3 is 0 Å². The largest absolute Gasteiger partial charge is 0.497 e. The van der Waals surface area contributed by atoms with Gasteiger partial charge in [0.1, 0.15) is 5.75 Å². The minimum absolute atomic E-state index is 0. The number of fused-ring (bicyclic) bond motifs is 1. The maximum atomic E-state index is 5.51. The van der Waals surface area contributed by atoms with Crippen molar-refractivity contribution in [3.8, 4) is 5.75 Å². The van der Waals surface area contributed by atoms with Gasteiger partial charge in [-0.2, -0.15) is 0 Å². The highest BCUT2D eigenvalue weighted by atomic mass is 79.9. The van der Waals surface area contributed by atoms with Crippen molar-refractivity contribution in [1.82, 2.24) is 4.90 Å². The maximum Gasteiger partial charge on any atom is 0.119 e. The van der Waals surface area contributed by atoms with Gasteiger partial charge in [-0.15, -0.1) is 17.0 Å². The van der Waals surface area contributed by atoms with Gasteiger partial charge in [-0.25, -0.2) is 0 Å². The lowest BCUT2D eigenvalue weighted by molar-refractivity contribution is 0.00274. The Morgan fingerprint density at radius 3 is 2.70 bits per heavy atom. The molecule has 0 spiro atoms. The number of piperidine rings is 1. The summed E-state index contributed by atoms with van der Waals surface area (Å²) in [6.07, 6.45) is 8.22. The highest BCUT2D eigenvalue weighted by molar-refractivity contribution is 8.93. The van der Waals surface area contributed by atoms with Gasteiger partial charge in [-0.3, -0.25) is 0 Å². The first-order valence-corrected chi connectivity index (χ1v) is 8.12. The molecule has 1 aromatic carbocycles. The van der Waals surface area contributed by atoms with E-state index in [1.165, 1.54) is 45.1 Å². The smallest absolute Gasteiger partial charge is 0.119 e. The molecule has 23 heavy (non-hydrogen) atoms. The van der Waals surface area contributed by atoms with Crippen molar-refractivity contribution in [2.24, 2.45) is 5.92 Å². The number of nitrogens with zero attached hydrogens (tertiary/aromatic N) is 1. The molecule has 0 unspecified atom stereocenters. The number of hydrogen-bond donors (Lipinski definition) is 0. The number of hydrogen-bond acceptors (Lipinski definition) is 2. The Morgan fingerprint density at radius 2 is 1.96 bits per heavy atom. The quantitative estimate of drug-likeness (QED) is 0.740. The predicted molar refractivity (Wildman–Crippen MR) is 98.9 cm³/mol. The van der Waals surface area contributed by atoms with E-state index in [0.29, 0.717) is 5.41 Å². The fraction of sp³-hybridized carbons (Fsp3) is 0.667. The third-order valence-electron chi connectivity index (χ3n) is 6.32. The Bertz CT molecular complexity index is 539. The zero-order valence-corrected chi connectivity index (χ0v) is 15.8. The Balaban J connectivity index is 0.000000882. The van der Waals surface area contributed by atoms with Crippen LogP contribution in [0.4, 0.5) is 0 Å². The van der Waals surface area contributed by atoms with E-state index < -0.39 is 0 Å². The van der Waals surface area contributed by atoms with E-state index in [2.05, 4.69) is 30.1 Å². The van der Waals surface area contributed by atoms with E-state index in [9.17, 15) is 0 Å². The predicted octanol–water partition coefficient (Wildman–Crippen LogP) is 2.31. The lowest BCUT2D eigenvalue weighted by Gasteiger charge is -2.58. The molecule has 0 radical (unpaired) electrons. The molecule has 1 heterocycles. The first kappa shape index (κ1) is 20.4. The topological polar surface area (TPSA) is 75.5 Å². The second-order valence-electron chi connectivity index (χ2n) is 7.03. The van der Waals surface area contributed by atoms with Gasteiger partial charge in [0.05, 0.1) is 7.11 Å². The van der Waals surface area contributed by atoms with Gasteiger partial charge in [-0.05, 0) is 68.5 Å². The van der Waals surface area contributed by atoms with E-state index in [-0.39, 0.29) is 27.9 Å². The molecule has 4 nitrogen and oxygen atoms in total. The van der Waals surface area contributed by atoms with Gasteiger partial charge < -0.3 is 20.6 Å². The van der Waals surface area contributed by atoms with Crippen molar-refractivity contribution in [3.63, 3.8) is 0 Å². The van der Waals surface area contributed by atoms with E-state index in [4.69, 9.17) is 4.74 Å². The molecule has 1 aliphatic heterocycles. The highest BCUT2D eigenvalue weighted by Gasteiger charge is 2.53. The first-order valence-electron chi connectivity index (χ1n) is 8.12. The Hall–Kier alpha value is -0.620. The molecule has 3 atom stereocenters. The van der Waals surface area contributed by atoms with Crippen LogP contribution in [0.3, 0.4) is 0 Å². The minimum Gasteiger partial charge on any atom is -0.497 e. The molecule has 132 valence electrons. The highest BCUT2D eigenvalue weighted by Crippen LogP contribution is 2.55. The van der Waals surface area contributed by atoms with Crippen LogP contribution < -0.4 is 4.74 Å². The van der Waals surface area contributed by atoms with Crippen molar-refractivity contribution < 1.29 is 15.7 Å². The summed E-state index contributed by atoms with van der Waals surface area (Å²) in [4.78, 5) is 2.63. The second kappa shape index (κ2) is 7.51. The van der Waals surface area contributed by atoms with Crippen molar-refractivity contribution in [2.75, 3.05) is 20.7 Å². The zero-order valence-electron chi connectivity index (χ0n) is 14.1. The van der Waals surface area contributed by atoms with Crippen molar-refractivity contribution in [2.45, 2.75) is 50.0 Å². The molecule has 4 rings (SSSR count). The molecule has 2 aliphatic carbocycles. The van der Waals surface area contributed by atoms with E-state index in [1.807, 2.05) is 0 Å². The van der Waals surface area contributed by atoms with E-state index >= 15 is 0 Å². The van der Waals surface area contributed by atoms with Crippen LogP contribution >= 0.6 is 17.0 Å². The maximum absolute atomic E-state index is 5.51. The van der Waals surface area contributed by atoms with Crippen LogP contribution in [0.2, 0.25) is 0 Å². The van der Waals surface area contributed by atoms with Crippen LogP contribution in [-0.2, 0) is 11.8 Å². The third kappa shape index (κ3) is 2.93. The second-order valence-corrected chi connectivity index (χ2v) is 7.03. The number of methoxy groups -OCH3 is 1. The summed E-state index contributed by atoms with van der Waals surface area (Å²) in [6, 6.07) is 7.60. The molecule has 0 aromatic heterocycles. The van der Waals surface area contributed by atoms with Crippen LogP contribution in [0.15, 0.2) is 18.2 Å². The van der Waals surface area contributed by atoms with Crippen LogP contribution in [0, 0.1) is 5.92 Å².